The van der Waals surface area contributed by atoms with Crippen molar-refractivity contribution in [3.63, 3.8) is 0 Å². The Kier molecular flexibility index (Phi) is 5.77. The third-order valence-corrected chi connectivity index (χ3v) is 3.36. The number of nitrogens with zero attached hydrogens (tertiary/aromatic N) is 1. The van der Waals surface area contributed by atoms with Gasteiger partial charge in [-0.15, -0.1) is 0 Å². The third kappa shape index (κ3) is 5.42. The van der Waals surface area contributed by atoms with Crippen molar-refractivity contribution in [3.8, 4) is 5.75 Å². The molecular weight excluding hydrogens is 288 g/mol. The molecule has 2 aromatic rings. The van der Waals surface area contributed by atoms with E-state index in [9.17, 15) is 4.79 Å². The fraction of sp³-hybridized carbons (Fsp3) is 0.316. The van der Waals surface area contributed by atoms with Crippen molar-refractivity contribution < 1.29 is 9.53 Å². The highest BCUT2D eigenvalue weighted by Crippen LogP contribution is 2.16. The van der Waals surface area contributed by atoms with Gasteiger partial charge in [0.15, 0.2) is 6.10 Å². The largest absolute Gasteiger partial charge is 0.481 e. The summed E-state index contributed by atoms with van der Waals surface area (Å²) in [6.07, 6.45) is -0.561. The van der Waals surface area contributed by atoms with Crippen LogP contribution >= 0.6 is 0 Å². The minimum Gasteiger partial charge on any atom is -0.481 e. The summed E-state index contributed by atoms with van der Waals surface area (Å²) in [5.74, 6) is 0.544. The predicted octanol–water partition coefficient (Wildman–Crippen LogP) is 3.46. The van der Waals surface area contributed by atoms with Crippen LogP contribution < -0.4 is 10.1 Å². The second-order valence-electron chi connectivity index (χ2n) is 6.00. The van der Waals surface area contributed by atoms with Crippen LogP contribution in [0.1, 0.15) is 18.1 Å². The Balaban J connectivity index is 1.98. The number of nitrogens with one attached hydrogen (secondary N) is 1. The number of aryl methyl sites for hydroxylation is 1. The zero-order valence-corrected chi connectivity index (χ0v) is 14.2. The van der Waals surface area contributed by atoms with Crippen LogP contribution in [-0.4, -0.2) is 31.0 Å². The summed E-state index contributed by atoms with van der Waals surface area (Å²) in [5.41, 5.74) is 3.04. The Morgan fingerprint density at radius 2 is 1.91 bits per heavy atom. The zero-order chi connectivity index (χ0) is 16.8. The lowest BCUT2D eigenvalue weighted by atomic mass is 10.2. The molecule has 0 aliphatic rings. The second-order valence-corrected chi connectivity index (χ2v) is 6.00. The van der Waals surface area contributed by atoms with Crippen molar-refractivity contribution in [3.05, 3.63) is 59.7 Å². The maximum Gasteiger partial charge on any atom is 0.265 e. The Labute approximate surface area is 138 Å². The van der Waals surface area contributed by atoms with Crippen LogP contribution in [0.4, 0.5) is 5.69 Å². The van der Waals surface area contributed by atoms with Crippen LogP contribution in [-0.2, 0) is 11.3 Å². The first-order valence-electron chi connectivity index (χ1n) is 7.72. The van der Waals surface area contributed by atoms with E-state index in [0.29, 0.717) is 5.75 Å². The van der Waals surface area contributed by atoms with Gasteiger partial charge in [-0.2, -0.15) is 0 Å². The summed E-state index contributed by atoms with van der Waals surface area (Å²) in [6, 6.07) is 15.5. The van der Waals surface area contributed by atoms with Crippen LogP contribution in [0.25, 0.3) is 0 Å². The average molecular weight is 312 g/mol. The van der Waals surface area contributed by atoms with E-state index in [1.165, 1.54) is 0 Å². The fourth-order valence-corrected chi connectivity index (χ4v) is 2.30. The van der Waals surface area contributed by atoms with E-state index in [1.807, 2.05) is 69.6 Å². The average Bonchev–Trinajstić information content (AvgIpc) is 2.46. The Morgan fingerprint density at radius 3 is 2.61 bits per heavy atom. The number of carbonyl (C=O) groups is 1. The maximum absolute atomic E-state index is 12.3. The van der Waals surface area contributed by atoms with Crippen molar-refractivity contribution in [1.82, 2.24) is 4.90 Å². The normalized spacial score (nSPS) is 12.0. The molecule has 1 amide bonds. The molecule has 23 heavy (non-hydrogen) atoms. The molecule has 1 unspecified atom stereocenters. The molecule has 0 aliphatic heterocycles. The van der Waals surface area contributed by atoms with Gasteiger partial charge >= 0.3 is 0 Å². The maximum atomic E-state index is 12.3. The summed E-state index contributed by atoms with van der Waals surface area (Å²) in [6.45, 7) is 4.58. The van der Waals surface area contributed by atoms with Gasteiger partial charge in [0.05, 0.1) is 0 Å². The van der Waals surface area contributed by atoms with E-state index in [-0.39, 0.29) is 5.91 Å². The van der Waals surface area contributed by atoms with E-state index in [0.717, 1.165) is 23.4 Å². The van der Waals surface area contributed by atoms with E-state index in [4.69, 9.17) is 4.74 Å². The predicted molar refractivity (Wildman–Crippen MR) is 93.7 cm³/mol. The first kappa shape index (κ1) is 17.0. The number of hydrogen-bond donors (Lipinski definition) is 1. The summed E-state index contributed by atoms with van der Waals surface area (Å²) in [4.78, 5) is 14.4. The van der Waals surface area contributed by atoms with Gasteiger partial charge < -0.3 is 15.0 Å². The molecule has 0 heterocycles. The number of benzene rings is 2. The van der Waals surface area contributed by atoms with E-state index < -0.39 is 6.10 Å². The van der Waals surface area contributed by atoms with Crippen LogP contribution in [0, 0.1) is 6.92 Å². The molecule has 2 aromatic carbocycles. The molecule has 0 bridgehead atoms. The first-order valence-corrected chi connectivity index (χ1v) is 7.72. The van der Waals surface area contributed by atoms with Crippen molar-refractivity contribution in [2.75, 3.05) is 19.4 Å². The lowest BCUT2D eigenvalue weighted by Crippen LogP contribution is -2.30. The number of amides is 1. The minimum atomic E-state index is -0.561. The SMILES string of the molecule is Cc1cccc(OC(C)C(=O)Nc2cccc(CN(C)C)c2)c1. The standard InChI is InChI=1S/C19H24N2O2/c1-14-7-5-10-18(11-14)23-15(2)19(22)20-17-9-6-8-16(12-17)13-21(3)4/h5-12,15H,13H2,1-4H3,(H,20,22). The molecule has 4 nitrogen and oxygen atoms in total. The molecule has 2 rings (SSSR count). The van der Waals surface area contributed by atoms with Gasteiger partial charge in [0.1, 0.15) is 5.75 Å². The first-order chi connectivity index (χ1) is 10.9. The van der Waals surface area contributed by atoms with Gasteiger partial charge in [0.25, 0.3) is 5.91 Å². The molecule has 0 aliphatic carbocycles. The van der Waals surface area contributed by atoms with Crippen LogP contribution in [0.5, 0.6) is 5.75 Å². The van der Waals surface area contributed by atoms with Crippen LogP contribution in [0.2, 0.25) is 0 Å². The molecule has 1 atom stereocenters. The molecule has 0 saturated heterocycles. The fourth-order valence-electron chi connectivity index (χ4n) is 2.30. The molecule has 4 heteroatoms. The van der Waals surface area contributed by atoms with Crippen molar-refractivity contribution in [1.29, 1.82) is 0 Å². The topological polar surface area (TPSA) is 41.6 Å². The van der Waals surface area contributed by atoms with Gasteiger partial charge in [-0.1, -0.05) is 24.3 Å². The molecule has 0 saturated carbocycles. The Bertz CT molecular complexity index is 668. The monoisotopic (exact) mass is 312 g/mol. The van der Waals surface area contributed by atoms with Crippen molar-refractivity contribution in [2.45, 2.75) is 26.5 Å². The summed E-state index contributed by atoms with van der Waals surface area (Å²) >= 11 is 0. The molecular formula is C19H24N2O2. The highest BCUT2D eigenvalue weighted by atomic mass is 16.5. The highest BCUT2D eigenvalue weighted by Gasteiger charge is 2.15. The highest BCUT2D eigenvalue weighted by molar-refractivity contribution is 5.94. The number of anilines is 1. The number of rotatable bonds is 6. The smallest absolute Gasteiger partial charge is 0.265 e. The number of ether oxygens (including phenoxy) is 1. The van der Waals surface area contributed by atoms with E-state index in [1.54, 1.807) is 6.92 Å². The molecule has 0 spiro atoms. The summed E-state index contributed by atoms with van der Waals surface area (Å²) in [7, 11) is 4.03. The van der Waals surface area contributed by atoms with Crippen molar-refractivity contribution in [2.24, 2.45) is 0 Å². The molecule has 0 radical (unpaired) electrons. The van der Waals surface area contributed by atoms with E-state index >= 15 is 0 Å². The Hall–Kier alpha value is -2.33. The van der Waals surface area contributed by atoms with Gasteiger partial charge in [-0.3, -0.25) is 4.79 Å². The van der Waals surface area contributed by atoms with Gasteiger partial charge in [-0.05, 0) is 63.3 Å². The van der Waals surface area contributed by atoms with Gasteiger partial charge in [-0.25, -0.2) is 0 Å². The van der Waals surface area contributed by atoms with E-state index in [2.05, 4.69) is 10.2 Å². The lowest BCUT2D eigenvalue weighted by Gasteiger charge is -2.16. The quantitative estimate of drug-likeness (QED) is 0.888. The lowest BCUT2D eigenvalue weighted by molar-refractivity contribution is -0.122. The van der Waals surface area contributed by atoms with Gasteiger partial charge in [0.2, 0.25) is 0 Å². The molecule has 0 fully saturated rings. The third-order valence-electron chi connectivity index (χ3n) is 3.36. The van der Waals surface area contributed by atoms with Crippen molar-refractivity contribution >= 4 is 11.6 Å². The Morgan fingerprint density at radius 1 is 1.17 bits per heavy atom. The van der Waals surface area contributed by atoms with Gasteiger partial charge in [0, 0.05) is 12.2 Å². The summed E-state index contributed by atoms with van der Waals surface area (Å²) < 4.78 is 5.70. The number of hydrogen-bond acceptors (Lipinski definition) is 3. The zero-order valence-electron chi connectivity index (χ0n) is 14.2. The molecule has 0 aromatic heterocycles. The second kappa shape index (κ2) is 7.79. The van der Waals surface area contributed by atoms with Crippen LogP contribution in [0.3, 0.4) is 0 Å². The minimum absolute atomic E-state index is 0.159. The van der Waals surface area contributed by atoms with Crippen LogP contribution in [0.15, 0.2) is 48.5 Å². The number of carbonyl (C=O) groups excluding carboxylic acids is 1. The molecule has 1 N–H and O–H groups in total. The molecule has 122 valence electrons. The summed E-state index contributed by atoms with van der Waals surface area (Å²) in [5, 5.41) is 2.91.